The van der Waals surface area contributed by atoms with E-state index in [1.807, 2.05) is 19.1 Å². The Hall–Kier alpha value is -1.83. The predicted octanol–water partition coefficient (Wildman–Crippen LogP) is 0.902. The number of benzene rings is 1. The first-order valence-electron chi connectivity index (χ1n) is 6.88. The number of carbonyl (C=O) groups is 1. The molecule has 0 radical (unpaired) electrons. The fourth-order valence-electron chi connectivity index (χ4n) is 2.45. The lowest BCUT2D eigenvalue weighted by atomic mass is 10.0. The van der Waals surface area contributed by atoms with E-state index in [1.165, 1.54) is 0 Å². The van der Waals surface area contributed by atoms with Gasteiger partial charge in [-0.15, -0.1) is 0 Å². The van der Waals surface area contributed by atoms with E-state index in [4.69, 9.17) is 5.73 Å². The summed E-state index contributed by atoms with van der Waals surface area (Å²) in [5.41, 5.74) is 7.79. The topological polar surface area (TPSA) is 66.6 Å². The van der Waals surface area contributed by atoms with Crippen molar-refractivity contribution in [1.82, 2.24) is 4.90 Å². The van der Waals surface area contributed by atoms with Gasteiger partial charge in [-0.05, 0) is 43.5 Å². The fourth-order valence-corrected chi connectivity index (χ4v) is 2.45. The molecule has 1 saturated heterocycles. The van der Waals surface area contributed by atoms with Crippen molar-refractivity contribution in [2.24, 2.45) is 5.73 Å². The molecule has 1 atom stereocenters. The first-order valence-corrected chi connectivity index (χ1v) is 6.88. The van der Waals surface area contributed by atoms with Crippen molar-refractivity contribution in [2.75, 3.05) is 19.6 Å². The van der Waals surface area contributed by atoms with Crippen LogP contribution in [0.25, 0.3) is 0 Å². The summed E-state index contributed by atoms with van der Waals surface area (Å²) in [6.45, 7) is 3.36. The number of hydrogen-bond donors (Lipinski definition) is 2. The van der Waals surface area contributed by atoms with Crippen LogP contribution in [0.4, 0.5) is 0 Å². The van der Waals surface area contributed by atoms with Gasteiger partial charge in [0.2, 0.25) is 0 Å². The van der Waals surface area contributed by atoms with Crippen LogP contribution < -0.4 is 5.73 Å². The van der Waals surface area contributed by atoms with Gasteiger partial charge in [0.1, 0.15) is 0 Å². The second-order valence-corrected chi connectivity index (χ2v) is 5.14. The number of piperidine rings is 1. The van der Waals surface area contributed by atoms with E-state index in [2.05, 4.69) is 11.8 Å². The maximum Gasteiger partial charge on any atom is 0.253 e. The lowest BCUT2D eigenvalue weighted by Gasteiger charge is -2.30. The van der Waals surface area contributed by atoms with Gasteiger partial charge in [0, 0.05) is 24.2 Å². The van der Waals surface area contributed by atoms with E-state index in [-0.39, 0.29) is 5.91 Å². The SMILES string of the molecule is Cc1cc(C#CCN)cc(C(=O)N2CCCC(O)C2)c1. The van der Waals surface area contributed by atoms with Crippen LogP contribution in [0.2, 0.25) is 0 Å². The van der Waals surface area contributed by atoms with Crippen molar-refractivity contribution in [1.29, 1.82) is 0 Å². The van der Waals surface area contributed by atoms with Gasteiger partial charge in [-0.1, -0.05) is 11.8 Å². The third-order valence-electron chi connectivity index (χ3n) is 3.34. The first kappa shape index (κ1) is 14.6. The second-order valence-electron chi connectivity index (χ2n) is 5.14. The number of aliphatic hydroxyl groups is 1. The number of aryl methyl sites for hydroxylation is 1. The monoisotopic (exact) mass is 272 g/mol. The van der Waals surface area contributed by atoms with Crippen LogP contribution in [0.5, 0.6) is 0 Å². The number of aliphatic hydroxyl groups excluding tert-OH is 1. The molecule has 2 rings (SSSR count). The highest BCUT2D eigenvalue weighted by Crippen LogP contribution is 2.16. The zero-order valence-electron chi connectivity index (χ0n) is 11.7. The number of carbonyl (C=O) groups excluding carboxylic acids is 1. The summed E-state index contributed by atoms with van der Waals surface area (Å²) in [5.74, 6) is 5.72. The van der Waals surface area contributed by atoms with Gasteiger partial charge in [-0.2, -0.15) is 0 Å². The Kier molecular flexibility index (Phi) is 4.78. The molecule has 0 saturated carbocycles. The Bertz CT molecular complexity index is 557. The van der Waals surface area contributed by atoms with Gasteiger partial charge < -0.3 is 15.7 Å². The van der Waals surface area contributed by atoms with Crippen molar-refractivity contribution in [3.05, 3.63) is 34.9 Å². The Morgan fingerprint density at radius 1 is 1.50 bits per heavy atom. The molecule has 0 aromatic heterocycles. The maximum atomic E-state index is 12.5. The van der Waals surface area contributed by atoms with Crippen LogP contribution in [0.1, 0.15) is 34.3 Å². The summed E-state index contributed by atoms with van der Waals surface area (Å²) in [6.07, 6.45) is 1.21. The molecule has 1 aromatic rings. The third kappa shape index (κ3) is 3.60. The van der Waals surface area contributed by atoms with Crippen LogP contribution in [0.15, 0.2) is 18.2 Å². The van der Waals surface area contributed by atoms with Gasteiger partial charge in [0.05, 0.1) is 12.6 Å². The van der Waals surface area contributed by atoms with E-state index in [0.717, 1.165) is 24.0 Å². The van der Waals surface area contributed by atoms with Crippen molar-refractivity contribution >= 4 is 5.91 Å². The minimum absolute atomic E-state index is 0.0387. The predicted molar refractivity (Wildman–Crippen MR) is 78.3 cm³/mol. The second kappa shape index (κ2) is 6.56. The van der Waals surface area contributed by atoms with E-state index >= 15 is 0 Å². The summed E-state index contributed by atoms with van der Waals surface area (Å²) >= 11 is 0. The molecule has 106 valence electrons. The van der Waals surface area contributed by atoms with Gasteiger partial charge >= 0.3 is 0 Å². The van der Waals surface area contributed by atoms with E-state index in [1.54, 1.807) is 11.0 Å². The minimum Gasteiger partial charge on any atom is -0.391 e. The molecule has 1 unspecified atom stereocenters. The molecular formula is C16H20N2O2. The molecule has 0 aliphatic carbocycles. The van der Waals surface area contributed by atoms with Crippen molar-refractivity contribution in [3.63, 3.8) is 0 Å². The smallest absolute Gasteiger partial charge is 0.253 e. The molecule has 1 amide bonds. The molecule has 0 spiro atoms. The molecule has 0 bridgehead atoms. The molecule has 1 aliphatic rings. The third-order valence-corrected chi connectivity index (χ3v) is 3.34. The number of amides is 1. The molecule has 3 N–H and O–H groups in total. The Labute approximate surface area is 119 Å². The highest BCUT2D eigenvalue weighted by atomic mass is 16.3. The fraction of sp³-hybridized carbons (Fsp3) is 0.438. The number of hydrogen-bond acceptors (Lipinski definition) is 3. The van der Waals surface area contributed by atoms with Crippen molar-refractivity contribution in [2.45, 2.75) is 25.9 Å². The van der Waals surface area contributed by atoms with Crippen LogP contribution >= 0.6 is 0 Å². The number of nitrogens with two attached hydrogens (primary N) is 1. The number of β-amino-alcohol motifs (C(OH)–C–C–N with tert-alkyl or cyclic N) is 1. The molecule has 1 heterocycles. The van der Waals surface area contributed by atoms with Gasteiger partial charge in [0.15, 0.2) is 0 Å². The first-order chi connectivity index (χ1) is 9.60. The number of rotatable bonds is 1. The van der Waals surface area contributed by atoms with Gasteiger partial charge in [-0.25, -0.2) is 0 Å². The Morgan fingerprint density at radius 2 is 2.30 bits per heavy atom. The molecule has 1 aliphatic heterocycles. The maximum absolute atomic E-state index is 12.5. The Morgan fingerprint density at radius 3 is 3.00 bits per heavy atom. The molecule has 1 aromatic carbocycles. The summed E-state index contributed by atoms with van der Waals surface area (Å²) in [6, 6.07) is 5.58. The van der Waals surface area contributed by atoms with Gasteiger partial charge in [0.25, 0.3) is 5.91 Å². The number of likely N-dealkylation sites (tertiary alicyclic amines) is 1. The average Bonchev–Trinajstić information content (AvgIpc) is 2.43. The van der Waals surface area contributed by atoms with Crippen molar-refractivity contribution < 1.29 is 9.90 Å². The van der Waals surface area contributed by atoms with E-state index < -0.39 is 6.10 Å². The molecule has 20 heavy (non-hydrogen) atoms. The average molecular weight is 272 g/mol. The van der Waals surface area contributed by atoms with Crippen LogP contribution in [-0.4, -0.2) is 41.7 Å². The summed E-state index contributed by atoms with van der Waals surface area (Å²) < 4.78 is 0. The zero-order valence-corrected chi connectivity index (χ0v) is 11.7. The van der Waals surface area contributed by atoms with E-state index in [9.17, 15) is 9.90 Å². The summed E-state index contributed by atoms with van der Waals surface area (Å²) in [7, 11) is 0. The summed E-state index contributed by atoms with van der Waals surface area (Å²) in [5, 5.41) is 9.67. The molecular weight excluding hydrogens is 252 g/mol. The van der Waals surface area contributed by atoms with Crippen LogP contribution in [0, 0.1) is 18.8 Å². The quantitative estimate of drug-likeness (QED) is 0.747. The highest BCUT2D eigenvalue weighted by Gasteiger charge is 2.23. The lowest BCUT2D eigenvalue weighted by Crippen LogP contribution is -2.42. The van der Waals surface area contributed by atoms with Crippen LogP contribution in [-0.2, 0) is 0 Å². The van der Waals surface area contributed by atoms with Crippen molar-refractivity contribution in [3.8, 4) is 11.8 Å². The van der Waals surface area contributed by atoms with Crippen LogP contribution in [0.3, 0.4) is 0 Å². The molecule has 4 nitrogen and oxygen atoms in total. The normalized spacial score (nSPS) is 18.4. The zero-order chi connectivity index (χ0) is 14.5. The standard InChI is InChI=1S/C16H20N2O2/c1-12-8-13(4-2-6-17)10-14(9-12)16(20)18-7-3-5-15(19)11-18/h8-10,15,19H,3,5-7,11,17H2,1H3. The minimum atomic E-state index is -0.408. The van der Waals surface area contributed by atoms with Gasteiger partial charge in [-0.3, -0.25) is 4.79 Å². The Balaban J connectivity index is 2.22. The summed E-state index contributed by atoms with van der Waals surface area (Å²) in [4.78, 5) is 14.2. The molecule has 4 heteroatoms. The van der Waals surface area contributed by atoms with E-state index in [0.29, 0.717) is 25.2 Å². The number of nitrogens with zero attached hydrogens (tertiary/aromatic N) is 1. The molecule has 1 fully saturated rings. The highest BCUT2D eigenvalue weighted by molar-refractivity contribution is 5.95. The lowest BCUT2D eigenvalue weighted by molar-refractivity contribution is 0.0473. The largest absolute Gasteiger partial charge is 0.391 e.